The zero-order chi connectivity index (χ0) is 17.6. The number of hydrogen-bond acceptors (Lipinski definition) is 7. The van der Waals surface area contributed by atoms with Gasteiger partial charge in [-0.3, -0.25) is 10.1 Å². The van der Waals surface area contributed by atoms with Gasteiger partial charge in [-0.2, -0.15) is 0 Å². The molecule has 128 valence electrons. The van der Waals surface area contributed by atoms with Crippen LogP contribution in [0.1, 0.15) is 17.6 Å². The highest BCUT2D eigenvalue weighted by Gasteiger charge is 2.06. The molecule has 0 aliphatic rings. The lowest BCUT2D eigenvalue weighted by Crippen LogP contribution is -2.07. The second kappa shape index (κ2) is 8.00. The number of methoxy groups -OCH3 is 1. The van der Waals surface area contributed by atoms with E-state index in [0.717, 1.165) is 33.4 Å². The number of benzene rings is 1. The summed E-state index contributed by atoms with van der Waals surface area (Å²) in [5.74, 6) is 0.554. The highest BCUT2D eigenvalue weighted by atomic mass is 32.1. The van der Waals surface area contributed by atoms with Crippen molar-refractivity contribution in [1.82, 2.24) is 15.2 Å². The van der Waals surface area contributed by atoms with E-state index < -0.39 is 0 Å². The van der Waals surface area contributed by atoms with E-state index in [1.165, 1.54) is 28.7 Å². The van der Waals surface area contributed by atoms with Crippen LogP contribution in [0.2, 0.25) is 0 Å². The minimum atomic E-state index is -0.252. The van der Waals surface area contributed by atoms with Crippen molar-refractivity contribution in [3.63, 3.8) is 0 Å². The second-order valence-electron chi connectivity index (χ2n) is 4.98. The van der Waals surface area contributed by atoms with Gasteiger partial charge in [-0.05, 0) is 36.8 Å². The molecule has 3 rings (SSSR count). The number of carbonyl (C=O) groups is 1. The topological polar surface area (TPSA) is 77.0 Å². The molecular formula is C17H16N4O2S2. The smallest absolute Gasteiger partial charge is 0.250 e. The summed E-state index contributed by atoms with van der Waals surface area (Å²) in [7, 11) is 1.64. The van der Waals surface area contributed by atoms with Crippen molar-refractivity contribution < 1.29 is 9.53 Å². The standard InChI is InChI=1S/C17H16N4O2S2/c1-3-15-20-21-17(25-15)19-14(22)9-6-12-10-24-16(18-12)11-4-7-13(23-2)8-5-11/h4-10H,3H2,1-2H3,(H,19,21,22). The third-order valence-electron chi connectivity index (χ3n) is 3.26. The Morgan fingerprint density at radius 3 is 2.76 bits per heavy atom. The zero-order valence-electron chi connectivity index (χ0n) is 13.7. The predicted molar refractivity (Wildman–Crippen MR) is 101 cm³/mol. The molecular weight excluding hydrogens is 356 g/mol. The molecule has 0 saturated heterocycles. The van der Waals surface area contributed by atoms with E-state index >= 15 is 0 Å². The Labute approximate surface area is 153 Å². The van der Waals surface area contributed by atoms with Gasteiger partial charge in [0.05, 0.1) is 12.8 Å². The molecule has 0 fully saturated rings. The van der Waals surface area contributed by atoms with Crippen LogP contribution in [0.15, 0.2) is 35.7 Å². The fourth-order valence-electron chi connectivity index (χ4n) is 1.98. The number of aromatic nitrogens is 3. The van der Waals surface area contributed by atoms with Crippen molar-refractivity contribution in [2.45, 2.75) is 13.3 Å². The molecule has 0 atom stereocenters. The van der Waals surface area contributed by atoms with E-state index in [4.69, 9.17) is 4.74 Å². The minimum Gasteiger partial charge on any atom is -0.497 e. The zero-order valence-corrected chi connectivity index (χ0v) is 15.4. The average molecular weight is 372 g/mol. The molecule has 0 spiro atoms. The van der Waals surface area contributed by atoms with Crippen LogP contribution in [0.3, 0.4) is 0 Å². The molecule has 2 heterocycles. The number of nitrogens with zero attached hydrogens (tertiary/aromatic N) is 3. The number of ether oxygens (including phenoxy) is 1. The van der Waals surface area contributed by atoms with Gasteiger partial charge in [0, 0.05) is 17.0 Å². The van der Waals surface area contributed by atoms with Crippen molar-refractivity contribution >= 4 is 39.8 Å². The number of carbonyl (C=O) groups excluding carboxylic acids is 1. The fraction of sp³-hybridized carbons (Fsp3) is 0.176. The van der Waals surface area contributed by atoms with Gasteiger partial charge < -0.3 is 4.74 Å². The van der Waals surface area contributed by atoms with Crippen LogP contribution in [0.5, 0.6) is 5.75 Å². The molecule has 0 aliphatic heterocycles. The van der Waals surface area contributed by atoms with Crippen LogP contribution in [0, 0.1) is 0 Å². The SMILES string of the molecule is CCc1nnc(NC(=O)C=Cc2csc(-c3ccc(OC)cc3)n2)s1. The molecule has 0 radical (unpaired) electrons. The lowest BCUT2D eigenvalue weighted by atomic mass is 10.2. The monoisotopic (exact) mass is 372 g/mol. The lowest BCUT2D eigenvalue weighted by Gasteiger charge is -1.99. The van der Waals surface area contributed by atoms with Gasteiger partial charge in [0.15, 0.2) is 0 Å². The Morgan fingerprint density at radius 1 is 1.28 bits per heavy atom. The van der Waals surface area contributed by atoms with E-state index in [2.05, 4.69) is 20.5 Å². The summed E-state index contributed by atoms with van der Waals surface area (Å²) in [6.45, 7) is 1.99. The van der Waals surface area contributed by atoms with E-state index in [1.807, 2.05) is 36.6 Å². The Balaban J connectivity index is 1.63. The van der Waals surface area contributed by atoms with Crippen molar-refractivity contribution in [2.24, 2.45) is 0 Å². The van der Waals surface area contributed by atoms with Crippen molar-refractivity contribution in [2.75, 3.05) is 12.4 Å². The van der Waals surface area contributed by atoms with E-state index in [-0.39, 0.29) is 5.91 Å². The molecule has 2 aromatic heterocycles. The maximum atomic E-state index is 11.9. The first-order valence-electron chi connectivity index (χ1n) is 7.59. The predicted octanol–water partition coefficient (Wildman–Crippen LogP) is 3.88. The Hall–Kier alpha value is -2.58. The summed E-state index contributed by atoms with van der Waals surface area (Å²) in [5, 5.41) is 14.8. The molecule has 0 aliphatic carbocycles. The van der Waals surface area contributed by atoms with Gasteiger partial charge in [0.25, 0.3) is 0 Å². The van der Waals surface area contributed by atoms with Crippen LogP contribution in [-0.2, 0) is 11.2 Å². The first kappa shape index (κ1) is 17.2. The maximum Gasteiger partial charge on any atom is 0.250 e. The summed E-state index contributed by atoms with van der Waals surface area (Å²) in [6, 6.07) is 7.70. The molecule has 8 heteroatoms. The normalized spacial score (nSPS) is 11.0. The van der Waals surface area contributed by atoms with Gasteiger partial charge >= 0.3 is 0 Å². The number of hydrogen-bond donors (Lipinski definition) is 1. The molecule has 1 amide bonds. The lowest BCUT2D eigenvalue weighted by molar-refractivity contribution is -0.111. The van der Waals surface area contributed by atoms with Crippen LogP contribution >= 0.6 is 22.7 Å². The summed E-state index contributed by atoms with van der Waals surface area (Å²) in [4.78, 5) is 16.5. The second-order valence-corrected chi connectivity index (χ2v) is 6.90. The van der Waals surface area contributed by atoms with E-state index in [1.54, 1.807) is 13.2 Å². The number of aryl methyl sites for hydroxylation is 1. The van der Waals surface area contributed by atoms with E-state index in [0.29, 0.717) is 5.13 Å². The summed E-state index contributed by atoms with van der Waals surface area (Å²) >= 11 is 2.90. The van der Waals surface area contributed by atoms with Gasteiger partial charge in [0.1, 0.15) is 15.8 Å². The van der Waals surface area contributed by atoms with Gasteiger partial charge in [-0.1, -0.05) is 18.3 Å². The largest absolute Gasteiger partial charge is 0.497 e. The molecule has 1 N–H and O–H groups in total. The molecule has 0 saturated carbocycles. The van der Waals surface area contributed by atoms with Crippen LogP contribution < -0.4 is 10.1 Å². The van der Waals surface area contributed by atoms with Crippen LogP contribution in [0.4, 0.5) is 5.13 Å². The number of rotatable bonds is 6. The highest BCUT2D eigenvalue weighted by molar-refractivity contribution is 7.15. The molecule has 0 unspecified atom stereocenters. The van der Waals surface area contributed by atoms with Crippen molar-refractivity contribution in [3.8, 4) is 16.3 Å². The third-order valence-corrected chi connectivity index (χ3v) is 5.16. The summed E-state index contributed by atoms with van der Waals surface area (Å²) in [6.07, 6.45) is 3.93. The van der Waals surface area contributed by atoms with Crippen molar-refractivity contribution in [1.29, 1.82) is 0 Å². The van der Waals surface area contributed by atoms with Crippen LogP contribution in [0.25, 0.3) is 16.6 Å². The van der Waals surface area contributed by atoms with Crippen LogP contribution in [-0.4, -0.2) is 28.2 Å². The fourth-order valence-corrected chi connectivity index (χ4v) is 3.46. The van der Waals surface area contributed by atoms with Gasteiger partial charge in [-0.25, -0.2) is 4.98 Å². The van der Waals surface area contributed by atoms with Crippen molar-refractivity contribution in [3.05, 3.63) is 46.4 Å². The first-order valence-corrected chi connectivity index (χ1v) is 9.29. The number of nitrogens with one attached hydrogen (secondary N) is 1. The van der Waals surface area contributed by atoms with E-state index in [9.17, 15) is 4.79 Å². The molecule has 0 bridgehead atoms. The first-order chi connectivity index (χ1) is 12.2. The Morgan fingerprint density at radius 2 is 2.08 bits per heavy atom. The molecule has 1 aromatic carbocycles. The molecule has 3 aromatic rings. The third kappa shape index (κ3) is 4.49. The van der Waals surface area contributed by atoms with Gasteiger partial charge in [0.2, 0.25) is 11.0 Å². The number of thiazole rings is 1. The maximum absolute atomic E-state index is 11.9. The highest BCUT2D eigenvalue weighted by Crippen LogP contribution is 2.26. The Bertz CT molecular complexity index is 884. The quantitative estimate of drug-likeness (QED) is 0.664. The molecule has 6 nitrogen and oxygen atoms in total. The molecule has 25 heavy (non-hydrogen) atoms. The summed E-state index contributed by atoms with van der Waals surface area (Å²) in [5.41, 5.74) is 1.74. The minimum absolute atomic E-state index is 0.252. The summed E-state index contributed by atoms with van der Waals surface area (Å²) < 4.78 is 5.15. The number of amides is 1. The number of anilines is 1. The average Bonchev–Trinajstić information content (AvgIpc) is 3.29. The Kier molecular flexibility index (Phi) is 5.52. The van der Waals surface area contributed by atoms with Gasteiger partial charge in [-0.15, -0.1) is 21.5 Å².